The predicted molar refractivity (Wildman–Crippen MR) is 119 cm³/mol. The molecule has 5 rings (SSSR count). The molecule has 7 nitrogen and oxygen atoms in total. The van der Waals surface area contributed by atoms with E-state index < -0.39 is 11.6 Å². The van der Waals surface area contributed by atoms with E-state index >= 15 is 0 Å². The van der Waals surface area contributed by atoms with Crippen molar-refractivity contribution in [2.45, 2.75) is 25.9 Å². The summed E-state index contributed by atoms with van der Waals surface area (Å²) in [5.41, 5.74) is 2.98. The van der Waals surface area contributed by atoms with Crippen LogP contribution in [0.2, 0.25) is 0 Å². The van der Waals surface area contributed by atoms with Crippen molar-refractivity contribution in [1.29, 1.82) is 0 Å². The Labute approximate surface area is 185 Å². The van der Waals surface area contributed by atoms with Crippen LogP contribution in [0.3, 0.4) is 0 Å². The van der Waals surface area contributed by atoms with E-state index in [2.05, 4.69) is 20.1 Å². The van der Waals surface area contributed by atoms with E-state index in [1.54, 1.807) is 6.20 Å². The fraction of sp³-hybridized carbons (Fsp3) is 0.435. The van der Waals surface area contributed by atoms with Gasteiger partial charge in [-0.3, -0.25) is 9.88 Å². The number of hydrogen-bond acceptors (Lipinski definition) is 7. The number of halogens is 2. The number of fused-ring (bicyclic) bond motifs is 1. The van der Waals surface area contributed by atoms with Crippen molar-refractivity contribution in [2.75, 3.05) is 49.6 Å². The molecule has 0 spiro atoms. The summed E-state index contributed by atoms with van der Waals surface area (Å²) in [5.74, 6) is 0.519. The zero-order valence-electron chi connectivity index (χ0n) is 18.0. The number of hydrogen-bond donors (Lipinski definition) is 1. The van der Waals surface area contributed by atoms with Crippen molar-refractivity contribution in [1.82, 2.24) is 19.9 Å². The van der Waals surface area contributed by atoms with Crippen molar-refractivity contribution in [3.05, 3.63) is 53.4 Å². The third-order valence-corrected chi connectivity index (χ3v) is 6.02. The van der Waals surface area contributed by atoms with E-state index in [1.165, 1.54) is 12.1 Å². The van der Waals surface area contributed by atoms with Gasteiger partial charge in [-0.25, -0.2) is 18.7 Å². The summed E-state index contributed by atoms with van der Waals surface area (Å²) >= 11 is 0. The summed E-state index contributed by atoms with van der Waals surface area (Å²) in [6.07, 6.45) is 2.69. The first-order valence-electron chi connectivity index (χ1n) is 10.9. The van der Waals surface area contributed by atoms with Gasteiger partial charge in [-0.1, -0.05) is 6.07 Å². The molecule has 0 saturated carbocycles. The maximum absolute atomic E-state index is 14.1. The molecule has 0 aliphatic carbocycles. The highest BCUT2D eigenvalue weighted by Gasteiger charge is 2.25. The number of piperazine rings is 1. The average Bonchev–Trinajstić information content (AvgIpc) is 3.29. The van der Waals surface area contributed by atoms with Crippen molar-refractivity contribution < 1.29 is 13.5 Å². The molecule has 1 aromatic carbocycles. The number of nitrogens with zero attached hydrogens (tertiary/aromatic N) is 5. The summed E-state index contributed by atoms with van der Waals surface area (Å²) in [4.78, 5) is 18.5. The lowest BCUT2D eigenvalue weighted by Crippen LogP contribution is -2.46. The van der Waals surface area contributed by atoms with Crippen LogP contribution in [0.1, 0.15) is 17.7 Å². The molecule has 32 heavy (non-hydrogen) atoms. The van der Waals surface area contributed by atoms with E-state index in [1.807, 2.05) is 13.0 Å². The van der Waals surface area contributed by atoms with Gasteiger partial charge in [-0.05, 0) is 25.5 Å². The van der Waals surface area contributed by atoms with Crippen LogP contribution in [0, 0.1) is 18.6 Å². The van der Waals surface area contributed by atoms with E-state index in [0.29, 0.717) is 18.7 Å². The number of ether oxygens (including phenoxy) is 1. The van der Waals surface area contributed by atoms with Crippen molar-refractivity contribution in [3.63, 3.8) is 0 Å². The van der Waals surface area contributed by atoms with E-state index in [4.69, 9.17) is 14.7 Å². The molecule has 0 bridgehead atoms. The summed E-state index contributed by atoms with van der Waals surface area (Å²) in [7, 11) is 0. The highest BCUT2D eigenvalue weighted by Crippen LogP contribution is 2.28. The Balaban J connectivity index is 1.35. The lowest BCUT2D eigenvalue weighted by atomic mass is 10.1. The van der Waals surface area contributed by atoms with E-state index in [9.17, 15) is 8.78 Å². The molecular formula is C23H26F2N6O. The van der Waals surface area contributed by atoms with E-state index in [0.717, 1.165) is 73.6 Å². The second-order valence-electron chi connectivity index (χ2n) is 8.41. The molecule has 9 heteroatoms. The minimum atomic E-state index is -0.552. The summed E-state index contributed by atoms with van der Waals surface area (Å²) in [5, 5.41) is 3.51. The molecule has 1 atom stereocenters. The molecule has 2 aromatic heterocycles. The van der Waals surface area contributed by atoms with Gasteiger partial charge in [0.1, 0.15) is 17.2 Å². The molecule has 4 heterocycles. The SMILES string of the molecule is Cc1cc2nc(N3CCN(Cc4ccc(F)cc4F)CC3)c(N[C@@H]3CCOC3)nc2cn1. The molecule has 2 aliphatic heterocycles. The van der Waals surface area contributed by atoms with Crippen molar-refractivity contribution >= 4 is 22.7 Å². The Morgan fingerprint density at radius 3 is 2.69 bits per heavy atom. The maximum atomic E-state index is 14.1. The quantitative estimate of drug-likeness (QED) is 0.654. The predicted octanol–water partition coefficient (Wildman–Crippen LogP) is 3.13. The second kappa shape index (κ2) is 8.91. The van der Waals surface area contributed by atoms with Crippen LogP contribution in [0.25, 0.3) is 11.0 Å². The summed E-state index contributed by atoms with van der Waals surface area (Å²) in [6, 6.07) is 5.93. The first-order chi connectivity index (χ1) is 15.5. The number of pyridine rings is 1. The van der Waals surface area contributed by atoms with Crippen LogP contribution in [0.15, 0.2) is 30.5 Å². The second-order valence-corrected chi connectivity index (χ2v) is 8.41. The fourth-order valence-electron chi connectivity index (χ4n) is 4.22. The Morgan fingerprint density at radius 1 is 1.09 bits per heavy atom. The number of rotatable bonds is 5. The smallest absolute Gasteiger partial charge is 0.172 e. The zero-order chi connectivity index (χ0) is 22.1. The molecule has 0 unspecified atom stereocenters. The van der Waals surface area contributed by atoms with Gasteiger partial charge in [-0.15, -0.1) is 0 Å². The Morgan fingerprint density at radius 2 is 1.94 bits per heavy atom. The van der Waals surface area contributed by atoms with Gasteiger partial charge in [0.05, 0.1) is 24.4 Å². The first-order valence-corrected chi connectivity index (χ1v) is 10.9. The summed E-state index contributed by atoms with van der Waals surface area (Å²) in [6.45, 7) is 6.77. The Hall–Kier alpha value is -2.91. The minimum absolute atomic E-state index is 0.210. The lowest BCUT2D eigenvalue weighted by molar-refractivity contribution is 0.195. The average molecular weight is 440 g/mol. The van der Waals surface area contributed by atoms with Crippen LogP contribution < -0.4 is 10.2 Å². The standard InChI is InChI=1S/C23H26F2N6O/c1-15-10-20-21(12-26-15)28-22(27-18-4-9-32-14-18)23(29-20)31-7-5-30(6-8-31)13-16-2-3-17(24)11-19(16)25/h2-3,10-12,18H,4-9,13-14H2,1H3,(H,27,28)/t18-/m1/s1. The third kappa shape index (κ3) is 4.49. The minimum Gasteiger partial charge on any atom is -0.379 e. The largest absolute Gasteiger partial charge is 0.379 e. The van der Waals surface area contributed by atoms with Gasteiger partial charge in [0.25, 0.3) is 0 Å². The van der Waals surface area contributed by atoms with Gasteiger partial charge in [0.2, 0.25) is 0 Å². The van der Waals surface area contributed by atoms with Gasteiger partial charge >= 0.3 is 0 Å². The topological polar surface area (TPSA) is 66.4 Å². The lowest BCUT2D eigenvalue weighted by Gasteiger charge is -2.36. The van der Waals surface area contributed by atoms with Crippen molar-refractivity contribution in [3.8, 4) is 0 Å². The highest BCUT2D eigenvalue weighted by molar-refractivity contribution is 5.80. The molecule has 2 fully saturated rings. The number of benzene rings is 1. The van der Waals surface area contributed by atoms with E-state index in [-0.39, 0.29) is 6.04 Å². The van der Waals surface area contributed by atoms with Crippen LogP contribution in [0.5, 0.6) is 0 Å². The normalized spacial score (nSPS) is 19.6. The van der Waals surface area contributed by atoms with Gasteiger partial charge < -0.3 is 15.0 Å². The number of aromatic nitrogens is 3. The Bertz CT molecular complexity index is 1110. The summed E-state index contributed by atoms with van der Waals surface area (Å²) < 4.78 is 32.8. The zero-order valence-corrected chi connectivity index (χ0v) is 18.0. The van der Waals surface area contributed by atoms with Gasteiger partial charge in [0, 0.05) is 56.7 Å². The van der Waals surface area contributed by atoms with Crippen LogP contribution >= 0.6 is 0 Å². The van der Waals surface area contributed by atoms with Crippen molar-refractivity contribution in [2.24, 2.45) is 0 Å². The monoisotopic (exact) mass is 440 g/mol. The molecule has 1 N–H and O–H groups in total. The maximum Gasteiger partial charge on any atom is 0.172 e. The molecule has 3 aromatic rings. The highest BCUT2D eigenvalue weighted by atomic mass is 19.1. The molecule has 168 valence electrons. The van der Waals surface area contributed by atoms with Crippen LogP contribution in [-0.2, 0) is 11.3 Å². The van der Waals surface area contributed by atoms with Gasteiger partial charge in [0.15, 0.2) is 11.6 Å². The molecule has 0 radical (unpaired) electrons. The van der Waals surface area contributed by atoms with Gasteiger partial charge in [-0.2, -0.15) is 0 Å². The van der Waals surface area contributed by atoms with Crippen LogP contribution in [-0.4, -0.2) is 65.3 Å². The molecule has 2 saturated heterocycles. The third-order valence-electron chi connectivity index (χ3n) is 6.02. The number of nitrogens with one attached hydrogen (secondary N) is 1. The fourth-order valence-corrected chi connectivity index (χ4v) is 4.22. The number of aryl methyl sites for hydroxylation is 1. The Kier molecular flexibility index (Phi) is 5.84. The molecule has 0 amide bonds. The number of anilines is 2. The first kappa shape index (κ1) is 21.0. The molecule has 2 aliphatic rings. The van der Waals surface area contributed by atoms with Crippen LogP contribution in [0.4, 0.5) is 20.4 Å². The molecular weight excluding hydrogens is 414 g/mol.